The minimum atomic E-state index is -0.608. The van der Waals surface area contributed by atoms with Crippen LogP contribution in [0.25, 0.3) is 5.52 Å². The number of alkyl halides is 1. The number of halogens is 1. The highest BCUT2D eigenvalue weighted by molar-refractivity contribution is 6.18. The number of carbonyl (C=O) groups excluding carboxylic acids is 2. The van der Waals surface area contributed by atoms with Crippen molar-refractivity contribution < 1.29 is 19.1 Å². The molecule has 0 aliphatic heterocycles. The van der Waals surface area contributed by atoms with Gasteiger partial charge in [0.1, 0.15) is 12.3 Å². The molecule has 0 atom stereocenters. The maximum absolute atomic E-state index is 12.1. The van der Waals surface area contributed by atoms with Crippen LogP contribution in [0.2, 0.25) is 0 Å². The Bertz CT molecular complexity index is 761. The van der Waals surface area contributed by atoms with Crippen molar-refractivity contribution in [2.75, 3.05) is 19.1 Å². The van der Waals surface area contributed by atoms with E-state index in [1.165, 1.54) is 16.5 Å². The fourth-order valence-electron chi connectivity index (χ4n) is 2.00. The molecule has 0 amide bonds. The lowest BCUT2D eigenvalue weighted by Crippen LogP contribution is -2.07. The maximum atomic E-state index is 12.1. The van der Waals surface area contributed by atoms with Gasteiger partial charge < -0.3 is 13.9 Å². The van der Waals surface area contributed by atoms with Gasteiger partial charge in [-0.05, 0) is 25.1 Å². The van der Waals surface area contributed by atoms with Crippen LogP contribution in [0.1, 0.15) is 33.3 Å². The van der Waals surface area contributed by atoms with E-state index < -0.39 is 11.9 Å². The number of pyridine rings is 1. The molecule has 0 spiro atoms. The van der Waals surface area contributed by atoms with Gasteiger partial charge >= 0.3 is 11.9 Å². The maximum Gasteiger partial charge on any atom is 0.355 e. The van der Waals surface area contributed by atoms with Crippen LogP contribution in [0.15, 0.2) is 24.4 Å². The van der Waals surface area contributed by atoms with Crippen LogP contribution < -0.4 is 0 Å². The highest BCUT2D eigenvalue weighted by Gasteiger charge is 2.21. The zero-order chi connectivity index (χ0) is 16.1. The predicted molar refractivity (Wildman–Crippen MR) is 79.1 cm³/mol. The Morgan fingerprint density at radius 3 is 2.73 bits per heavy atom. The molecule has 2 heterocycles. The minimum absolute atomic E-state index is 0.0599. The summed E-state index contributed by atoms with van der Waals surface area (Å²) >= 11 is 5.50. The smallest absolute Gasteiger partial charge is 0.355 e. The van der Waals surface area contributed by atoms with Crippen molar-refractivity contribution in [1.82, 2.24) is 4.40 Å². The Labute approximate surface area is 131 Å². The molecule has 0 aliphatic rings. The average Bonchev–Trinajstić information content (AvgIpc) is 2.91. The quantitative estimate of drug-likeness (QED) is 0.624. The molecule has 0 saturated heterocycles. The molecule has 0 aliphatic carbocycles. The first-order valence-corrected chi connectivity index (χ1v) is 7.11. The molecule has 22 heavy (non-hydrogen) atoms. The van der Waals surface area contributed by atoms with E-state index in [0.29, 0.717) is 11.1 Å². The van der Waals surface area contributed by atoms with Crippen molar-refractivity contribution in [3.8, 4) is 6.07 Å². The van der Waals surface area contributed by atoms with Crippen molar-refractivity contribution in [1.29, 1.82) is 5.26 Å². The summed E-state index contributed by atoms with van der Waals surface area (Å²) in [6, 6.07) is 6.44. The largest absolute Gasteiger partial charge is 0.461 e. The Morgan fingerprint density at radius 2 is 2.09 bits per heavy atom. The third-order valence-electron chi connectivity index (χ3n) is 2.92. The summed E-state index contributed by atoms with van der Waals surface area (Å²) in [5, 5.41) is 8.98. The second-order valence-corrected chi connectivity index (χ2v) is 4.65. The van der Waals surface area contributed by atoms with Crippen molar-refractivity contribution in [2.45, 2.75) is 6.92 Å². The third kappa shape index (κ3) is 3.05. The Balaban J connectivity index is 2.56. The van der Waals surface area contributed by atoms with Crippen LogP contribution in [0.4, 0.5) is 0 Å². The summed E-state index contributed by atoms with van der Waals surface area (Å²) in [7, 11) is 0. The lowest BCUT2D eigenvalue weighted by molar-refractivity contribution is 0.0518. The number of hydrogen-bond donors (Lipinski definition) is 0. The molecule has 0 fully saturated rings. The minimum Gasteiger partial charge on any atom is -0.461 e. The number of esters is 2. The van der Waals surface area contributed by atoms with Gasteiger partial charge in [-0.3, -0.25) is 0 Å². The first-order valence-electron chi connectivity index (χ1n) is 6.57. The van der Waals surface area contributed by atoms with Crippen molar-refractivity contribution in [3.05, 3.63) is 41.2 Å². The summed E-state index contributed by atoms with van der Waals surface area (Å²) in [4.78, 5) is 24.1. The number of aromatic nitrogens is 1. The fourth-order valence-corrected chi connectivity index (χ4v) is 2.08. The van der Waals surface area contributed by atoms with E-state index in [2.05, 4.69) is 0 Å². The van der Waals surface area contributed by atoms with E-state index in [4.69, 9.17) is 26.3 Å². The monoisotopic (exact) mass is 320 g/mol. The number of nitriles is 1. The van der Waals surface area contributed by atoms with E-state index >= 15 is 0 Å². The molecule has 0 bridgehead atoms. The van der Waals surface area contributed by atoms with E-state index in [1.807, 2.05) is 6.07 Å². The Morgan fingerprint density at radius 1 is 1.32 bits per heavy atom. The van der Waals surface area contributed by atoms with Gasteiger partial charge in [-0.25, -0.2) is 9.59 Å². The molecule has 2 rings (SSSR count). The predicted octanol–water partition coefficient (Wildman–Crippen LogP) is 2.38. The molecule has 0 N–H and O–H groups in total. The van der Waals surface area contributed by atoms with Gasteiger partial charge in [-0.1, -0.05) is 0 Å². The number of ether oxygens (including phenoxy) is 2. The van der Waals surface area contributed by atoms with Crippen LogP contribution >= 0.6 is 11.6 Å². The molecule has 0 saturated carbocycles. The average molecular weight is 321 g/mol. The van der Waals surface area contributed by atoms with E-state index in [0.717, 1.165) is 0 Å². The molecule has 7 heteroatoms. The van der Waals surface area contributed by atoms with Crippen LogP contribution in [-0.2, 0) is 9.47 Å². The molecule has 2 aromatic rings. The van der Waals surface area contributed by atoms with Gasteiger partial charge in [-0.15, -0.1) is 11.6 Å². The van der Waals surface area contributed by atoms with Gasteiger partial charge in [-0.2, -0.15) is 5.26 Å². The molecular weight excluding hydrogens is 308 g/mol. The van der Waals surface area contributed by atoms with Crippen LogP contribution in [0.3, 0.4) is 0 Å². The van der Waals surface area contributed by atoms with E-state index in [9.17, 15) is 9.59 Å². The highest BCUT2D eigenvalue weighted by Crippen LogP contribution is 2.20. The van der Waals surface area contributed by atoms with Crippen molar-refractivity contribution >= 4 is 29.1 Å². The summed E-state index contributed by atoms with van der Waals surface area (Å²) < 4.78 is 11.5. The number of nitrogens with zero attached hydrogens (tertiary/aromatic N) is 2. The van der Waals surface area contributed by atoms with Gasteiger partial charge in [0.15, 0.2) is 0 Å². The topological polar surface area (TPSA) is 80.8 Å². The Kier molecular flexibility index (Phi) is 5.02. The first-order chi connectivity index (χ1) is 10.6. The summed E-state index contributed by atoms with van der Waals surface area (Å²) in [6.45, 7) is 1.97. The second-order valence-electron chi connectivity index (χ2n) is 4.27. The third-order valence-corrected chi connectivity index (χ3v) is 3.07. The molecule has 0 aromatic carbocycles. The van der Waals surface area contributed by atoms with Gasteiger partial charge in [0.05, 0.1) is 35.2 Å². The van der Waals surface area contributed by atoms with Crippen LogP contribution in [0, 0.1) is 11.3 Å². The molecule has 0 radical (unpaired) electrons. The zero-order valence-electron chi connectivity index (χ0n) is 11.8. The molecule has 6 nitrogen and oxygen atoms in total. The number of carbonyl (C=O) groups is 2. The molecule has 114 valence electrons. The highest BCUT2D eigenvalue weighted by atomic mass is 35.5. The first kappa shape index (κ1) is 15.9. The fraction of sp³-hybridized carbons (Fsp3) is 0.267. The molecule has 0 unspecified atom stereocenters. The normalized spacial score (nSPS) is 10.2. The summed E-state index contributed by atoms with van der Waals surface area (Å²) in [5.74, 6) is -0.992. The van der Waals surface area contributed by atoms with E-state index in [1.54, 1.807) is 19.2 Å². The van der Waals surface area contributed by atoms with Crippen LogP contribution in [0.5, 0.6) is 0 Å². The standard InChI is InChI=1S/C15H13ClN2O4/c1-2-21-15(20)13-8-11(14(19)22-6-4-16)12-7-10(9-17)3-5-18(12)13/h3,5,7-8H,2,4,6H2,1H3. The van der Waals surface area contributed by atoms with Gasteiger partial charge in [0.25, 0.3) is 0 Å². The van der Waals surface area contributed by atoms with E-state index in [-0.39, 0.29) is 30.4 Å². The number of rotatable bonds is 5. The number of hydrogen-bond acceptors (Lipinski definition) is 5. The van der Waals surface area contributed by atoms with Gasteiger partial charge in [0, 0.05) is 6.20 Å². The van der Waals surface area contributed by atoms with Crippen molar-refractivity contribution in [3.63, 3.8) is 0 Å². The molecule has 2 aromatic heterocycles. The lowest BCUT2D eigenvalue weighted by atomic mass is 10.2. The van der Waals surface area contributed by atoms with Crippen molar-refractivity contribution in [2.24, 2.45) is 0 Å². The van der Waals surface area contributed by atoms with Gasteiger partial charge in [0.2, 0.25) is 0 Å². The Hall–Kier alpha value is -2.52. The van der Waals surface area contributed by atoms with Crippen LogP contribution in [-0.4, -0.2) is 35.4 Å². The molecular formula is C15H13ClN2O4. The SMILES string of the molecule is CCOC(=O)c1cc(C(=O)OCCCl)c2cc(C#N)ccn12. The number of fused-ring (bicyclic) bond motifs is 1. The second kappa shape index (κ2) is 6.96. The zero-order valence-corrected chi connectivity index (χ0v) is 12.6. The summed E-state index contributed by atoms with van der Waals surface area (Å²) in [5.41, 5.74) is 1.15. The summed E-state index contributed by atoms with van der Waals surface area (Å²) in [6.07, 6.45) is 1.54. The lowest BCUT2D eigenvalue weighted by Gasteiger charge is -2.03.